The SMILES string of the molecule is O=C(O)Cc1c(-c2ccc(Cl)cc2)nc2ccc(Cl)cc2c1-c1ccccc1. The molecule has 138 valence electrons. The summed E-state index contributed by atoms with van der Waals surface area (Å²) in [6.07, 6.45) is -0.155. The second-order valence-corrected chi connectivity index (χ2v) is 7.29. The predicted octanol–water partition coefficient (Wildman–Crippen LogP) is 6.50. The second-order valence-electron chi connectivity index (χ2n) is 6.42. The molecule has 3 aromatic carbocycles. The Balaban J connectivity index is 2.13. The average molecular weight is 408 g/mol. The predicted molar refractivity (Wildman–Crippen MR) is 114 cm³/mol. The van der Waals surface area contributed by atoms with Gasteiger partial charge >= 0.3 is 5.97 Å². The molecule has 0 aliphatic carbocycles. The monoisotopic (exact) mass is 407 g/mol. The summed E-state index contributed by atoms with van der Waals surface area (Å²) < 4.78 is 0. The highest BCUT2D eigenvalue weighted by atomic mass is 35.5. The molecule has 0 atom stereocenters. The van der Waals surface area contributed by atoms with Gasteiger partial charge in [0.15, 0.2) is 0 Å². The van der Waals surface area contributed by atoms with Crippen molar-refractivity contribution in [2.24, 2.45) is 0 Å². The van der Waals surface area contributed by atoms with Crippen molar-refractivity contribution < 1.29 is 9.90 Å². The minimum atomic E-state index is -0.921. The van der Waals surface area contributed by atoms with Crippen LogP contribution in [0.15, 0.2) is 72.8 Å². The first-order valence-electron chi connectivity index (χ1n) is 8.68. The molecule has 0 aliphatic rings. The van der Waals surface area contributed by atoms with Crippen molar-refractivity contribution in [1.82, 2.24) is 4.98 Å². The Hall–Kier alpha value is -2.88. The van der Waals surface area contributed by atoms with Gasteiger partial charge in [-0.2, -0.15) is 0 Å². The summed E-state index contributed by atoms with van der Waals surface area (Å²) in [5, 5.41) is 11.6. The summed E-state index contributed by atoms with van der Waals surface area (Å²) in [7, 11) is 0. The molecule has 0 saturated carbocycles. The van der Waals surface area contributed by atoms with Crippen LogP contribution in [0.3, 0.4) is 0 Å². The van der Waals surface area contributed by atoms with E-state index in [1.165, 1.54) is 0 Å². The number of aliphatic carboxylic acids is 1. The number of aromatic nitrogens is 1. The van der Waals surface area contributed by atoms with E-state index in [0.717, 1.165) is 27.6 Å². The number of carbonyl (C=O) groups is 1. The molecule has 0 fully saturated rings. The van der Waals surface area contributed by atoms with E-state index in [0.29, 0.717) is 21.3 Å². The van der Waals surface area contributed by atoms with Crippen LogP contribution >= 0.6 is 23.2 Å². The Morgan fingerprint density at radius 1 is 0.857 bits per heavy atom. The molecule has 0 saturated heterocycles. The van der Waals surface area contributed by atoms with Gasteiger partial charge in [-0.3, -0.25) is 4.79 Å². The Labute approximate surface area is 172 Å². The summed E-state index contributed by atoms with van der Waals surface area (Å²) in [4.78, 5) is 16.5. The Kier molecular flexibility index (Phi) is 5.03. The van der Waals surface area contributed by atoms with Crippen molar-refractivity contribution >= 4 is 40.1 Å². The molecule has 1 N–H and O–H groups in total. The number of benzene rings is 3. The van der Waals surface area contributed by atoms with E-state index in [9.17, 15) is 9.90 Å². The maximum atomic E-state index is 11.7. The number of hydrogen-bond acceptors (Lipinski definition) is 2. The molecule has 4 aromatic rings. The maximum Gasteiger partial charge on any atom is 0.307 e. The van der Waals surface area contributed by atoms with Crippen LogP contribution < -0.4 is 0 Å². The van der Waals surface area contributed by atoms with E-state index < -0.39 is 5.97 Å². The van der Waals surface area contributed by atoms with Gasteiger partial charge in [-0.05, 0) is 47.0 Å². The zero-order chi connectivity index (χ0) is 19.7. The fourth-order valence-corrected chi connectivity index (χ4v) is 3.68. The van der Waals surface area contributed by atoms with Crippen molar-refractivity contribution in [2.45, 2.75) is 6.42 Å². The highest BCUT2D eigenvalue weighted by Crippen LogP contribution is 2.38. The molecule has 0 amide bonds. The third kappa shape index (κ3) is 3.59. The van der Waals surface area contributed by atoms with Crippen LogP contribution in [-0.4, -0.2) is 16.1 Å². The van der Waals surface area contributed by atoms with Crippen LogP contribution in [-0.2, 0) is 11.2 Å². The van der Waals surface area contributed by atoms with Crippen molar-refractivity contribution in [2.75, 3.05) is 0 Å². The average Bonchev–Trinajstić information content (AvgIpc) is 2.68. The molecular weight excluding hydrogens is 393 g/mol. The fraction of sp³-hybridized carbons (Fsp3) is 0.0435. The highest BCUT2D eigenvalue weighted by Gasteiger charge is 2.20. The molecule has 1 heterocycles. The van der Waals surface area contributed by atoms with Gasteiger partial charge in [-0.15, -0.1) is 0 Å². The third-order valence-corrected chi connectivity index (χ3v) is 5.04. The van der Waals surface area contributed by atoms with E-state index in [2.05, 4.69) is 0 Å². The standard InChI is InChI=1S/C23H15Cl2NO2/c24-16-8-6-15(7-9-16)23-19(13-21(27)28)22(14-4-2-1-3-5-14)18-12-17(25)10-11-20(18)26-23/h1-12H,13H2,(H,27,28). The molecule has 4 rings (SSSR count). The van der Waals surface area contributed by atoms with Gasteiger partial charge in [0.1, 0.15) is 0 Å². The third-order valence-electron chi connectivity index (χ3n) is 4.56. The van der Waals surface area contributed by atoms with Gasteiger partial charge in [0.2, 0.25) is 0 Å². The lowest BCUT2D eigenvalue weighted by molar-refractivity contribution is -0.136. The molecule has 0 aliphatic heterocycles. The molecule has 0 bridgehead atoms. The fourth-order valence-electron chi connectivity index (χ4n) is 3.38. The minimum absolute atomic E-state index is 0.155. The summed E-state index contributed by atoms with van der Waals surface area (Å²) in [5.74, 6) is -0.921. The Bertz CT molecular complexity index is 1170. The zero-order valence-corrected chi connectivity index (χ0v) is 16.2. The van der Waals surface area contributed by atoms with E-state index in [1.807, 2.05) is 54.6 Å². The largest absolute Gasteiger partial charge is 0.481 e. The van der Waals surface area contributed by atoms with Crippen LogP contribution in [0, 0.1) is 0 Å². The summed E-state index contributed by atoms with van der Waals surface area (Å²) >= 11 is 12.3. The van der Waals surface area contributed by atoms with E-state index in [4.69, 9.17) is 28.2 Å². The molecule has 0 radical (unpaired) electrons. The van der Waals surface area contributed by atoms with Gasteiger partial charge in [0.25, 0.3) is 0 Å². The van der Waals surface area contributed by atoms with Crippen LogP contribution in [0.1, 0.15) is 5.56 Å². The molecule has 28 heavy (non-hydrogen) atoms. The van der Waals surface area contributed by atoms with E-state index >= 15 is 0 Å². The quantitative estimate of drug-likeness (QED) is 0.419. The first kappa shape index (κ1) is 18.5. The van der Waals surface area contributed by atoms with Gasteiger partial charge in [-0.25, -0.2) is 4.98 Å². The lowest BCUT2D eigenvalue weighted by Crippen LogP contribution is -2.06. The maximum absolute atomic E-state index is 11.7. The van der Waals surface area contributed by atoms with Crippen molar-refractivity contribution in [3.05, 3.63) is 88.4 Å². The zero-order valence-electron chi connectivity index (χ0n) is 14.7. The summed E-state index contributed by atoms with van der Waals surface area (Å²) in [6.45, 7) is 0. The number of rotatable bonds is 4. The first-order valence-corrected chi connectivity index (χ1v) is 9.44. The molecule has 5 heteroatoms. The van der Waals surface area contributed by atoms with Crippen LogP contribution in [0.25, 0.3) is 33.3 Å². The molecule has 1 aromatic heterocycles. The lowest BCUT2D eigenvalue weighted by Gasteiger charge is -2.17. The summed E-state index contributed by atoms with van der Waals surface area (Å²) in [6, 6.07) is 22.5. The highest BCUT2D eigenvalue weighted by molar-refractivity contribution is 6.31. The number of carboxylic acid groups (broad SMARTS) is 1. The van der Waals surface area contributed by atoms with Crippen molar-refractivity contribution in [1.29, 1.82) is 0 Å². The first-order chi connectivity index (χ1) is 13.5. The van der Waals surface area contributed by atoms with Gasteiger partial charge < -0.3 is 5.11 Å². The number of hydrogen-bond donors (Lipinski definition) is 1. The minimum Gasteiger partial charge on any atom is -0.481 e. The van der Waals surface area contributed by atoms with E-state index in [-0.39, 0.29) is 6.42 Å². The molecule has 3 nitrogen and oxygen atoms in total. The van der Waals surface area contributed by atoms with Crippen molar-refractivity contribution in [3.8, 4) is 22.4 Å². The van der Waals surface area contributed by atoms with Crippen LogP contribution in [0.4, 0.5) is 0 Å². The second kappa shape index (κ2) is 7.63. The molecular formula is C23H15Cl2NO2. The number of carboxylic acids is 1. The summed E-state index contributed by atoms with van der Waals surface area (Å²) in [5.41, 5.74) is 4.60. The molecule has 0 unspecified atom stereocenters. The lowest BCUT2D eigenvalue weighted by atomic mass is 9.90. The number of nitrogens with zero attached hydrogens (tertiary/aromatic N) is 1. The molecule has 0 spiro atoms. The van der Waals surface area contributed by atoms with Gasteiger partial charge in [-0.1, -0.05) is 65.7 Å². The normalized spacial score (nSPS) is 10.9. The van der Waals surface area contributed by atoms with Gasteiger partial charge in [0.05, 0.1) is 17.6 Å². The Morgan fingerprint density at radius 3 is 2.21 bits per heavy atom. The number of halogens is 2. The smallest absolute Gasteiger partial charge is 0.307 e. The Morgan fingerprint density at radius 2 is 1.54 bits per heavy atom. The van der Waals surface area contributed by atoms with Crippen molar-refractivity contribution in [3.63, 3.8) is 0 Å². The number of pyridine rings is 1. The number of fused-ring (bicyclic) bond motifs is 1. The van der Waals surface area contributed by atoms with Crippen LogP contribution in [0.2, 0.25) is 10.0 Å². The van der Waals surface area contributed by atoms with Gasteiger partial charge in [0, 0.05) is 21.0 Å². The topological polar surface area (TPSA) is 50.2 Å². The van der Waals surface area contributed by atoms with Crippen LogP contribution in [0.5, 0.6) is 0 Å². The van der Waals surface area contributed by atoms with E-state index in [1.54, 1.807) is 18.2 Å².